The molecular weight excluding hydrogens is 497 g/mol. The van der Waals surface area contributed by atoms with Crippen LogP contribution in [0, 0.1) is 22.7 Å². The quantitative estimate of drug-likeness (QED) is 0.461. The lowest BCUT2D eigenvalue weighted by molar-refractivity contribution is -0.274. The molecule has 0 aromatic heterocycles. The zero-order chi connectivity index (χ0) is 27.1. The number of alkyl halides is 3. The first-order valence-corrected chi connectivity index (χ1v) is 11.9. The number of benzene rings is 3. The Bertz CT molecular complexity index is 1450. The van der Waals surface area contributed by atoms with E-state index in [1.807, 2.05) is 12.1 Å². The van der Waals surface area contributed by atoms with Crippen LogP contribution in [0.2, 0.25) is 0 Å². The average molecular weight is 518 g/mol. The maximum Gasteiger partial charge on any atom is 0.573 e. The average Bonchev–Trinajstić information content (AvgIpc) is 3.46. The van der Waals surface area contributed by atoms with Crippen molar-refractivity contribution < 1.29 is 27.8 Å². The summed E-state index contributed by atoms with van der Waals surface area (Å²) in [5.74, 6) is -0.527. The minimum Gasteiger partial charge on any atom is -0.406 e. The van der Waals surface area contributed by atoms with Gasteiger partial charge in [-0.1, -0.05) is 25.0 Å². The molecule has 2 amide bonds. The highest BCUT2D eigenvalue weighted by Gasteiger charge is 2.69. The summed E-state index contributed by atoms with van der Waals surface area (Å²) >= 11 is 0. The Balaban J connectivity index is 1.75. The summed E-state index contributed by atoms with van der Waals surface area (Å²) in [5.41, 5.74) is -1.87. The van der Waals surface area contributed by atoms with E-state index in [-0.39, 0.29) is 11.3 Å². The van der Waals surface area contributed by atoms with E-state index in [0.29, 0.717) is 42.5 Å². The number of nitriles is 2. The monoisotopic (exact) mass is 518 g/mol. The van der Waals surface area contributed by atoms with E-state index < -0.39 is 29.4 Å². The molecule has 38 heavy (non-hydrogen) atoms. The molecule has 1 aliphatic carbocycles. The second kappa shape index (κ2) is 9.09. The molecule has 1 saturated heterocycles. The van der Waals surface area contributed by atoms with Gasteiger partial charge in [0, 0.05) is 16.9 Å². The Hall–Kier alpha value is -4.54. The third-order valence-electron chi connectivity index (χ3n) is 7.19. The van der Waals surface area contributed by atoms with Crippen molar-refractivity contribution >= 4 is 17.4 Å². The van der Waals surface area contributed by atoms with Gasteiger partial charge in [0.05, 0.1) is 23.3 Å². The number of rotatable bonds is 4. The van der Waals surface area contributed by atoms with Crippen molar-refractivity contribution in [3.63, 3.8) is 0 Å². The van der Waals surface area contributed by atoms with Crippen molar-refractivity contribution in [1.82, 2.24) is 0 Å². The summed E-state index contributed by atoms with van der Waals surface area (Å²) in [6.45, 7) is 0. The Morgan fingerprint density at radius 2 is 1.37 bits per heavy atom. The topological polar surface area (TPSA) is 101 Å². The third kappa shape index (κ3) is 3.90. The molecule has 1 unspecified atom stereocenters. The van der Waals surface area contributed by atoms with E-state index in [1.54, 1.807) is 24.3 Å². The molecule has 0 radical (unpaired) electrons. The Kier molecular flexibility index (Phi) is 6.01. The number of anilines is 2. The number of aliphatic hydroxyl groups is 1. The smallest absolute Gasteiger partial charge is 0.406 e. The zero-order valence-corrected chi connectivity index (χ0v) is 19.9. The van der Waals surface area contributed by atoms with Gasteiger partial charge in [-0.15, -0.1) is 13.2 Å². The van der Waals surface area contributed by atoms with Crippen LogP contribution >= 0.6 is 0 Å². The molecule has 10 heteroatoms. The highest BCUT2D eigenvalue weighted by Crippen LogP contribution is 2.57. The summed E-state index contributed by atoms with van der Waals surface area (Å²) in [5, 5.41) is 31.2. The molecule has 1 aliphatic heterocycles. The number of carbonyl (C=O) groups is 1. The molecule has 0 bridgehead atoms. The summed E-state index contributed by atoms with van der Waals surface area (Å²) < 4.78 is 43.3. The largest absolute Gasteiger partial charge is 0.573 e. The minimum absolute atomic E-state index is 0.0509. The van der Waals surface area contributed by atoms with E-state index in [9.17, 15) is 33.6 Å². The van der Waals surface area contributed by atoms with Gasteiger partial charge in [0.25, 0.3) is 0 Å². The Morgan fingerprint density at radius 1 is 0.842 bits per heavy atom. The van der Waals surface area contributed by atoms with Gasteiger partial charge in [0.1, 0.15) is 11.3 Å². The van der Waals surface area contributed by atoms with Gasteiger partial charge in [-0.3, -0.25) is 9.80 Å². The van der Waals surface area contributed by atoms with E-state index in [2.05, 4.69) is 4.74 Å². The molecule has 3 aromatic carbocycles. The van der Waals surface area contributed by atoms with Crippen molar-refractivity contribution in [3.8, 4) is 17.9 Å². The third-order valence-corrected chi connectivity index (χ3v) is 7.19. The van der Waals surface area contributed by atoms with Gasteiger partial charge in [0.15, 0.2) is 5.72 Å². The SMILES string of the molecule is N#Cc1ccc(N2C(=O)N(c3ccc(C#N)cc3)C(O)(c3cccc(OC(F)(F)F)c3)C23CCCC3)cc1. The van der Waals surface area contributed by atoms with Crippen LogP contribution in [0.25, 0.3) is 0 Å². The first kappa shape index (κ1) is 25.1. The number of halogens is 3. The summed E-state index contributed by atoms with van der Waals surface area (Å²) in [4.78, 5) is 16.9. The number of urea groups is 1. The number of amides is 2. The molecule has 1 atom stereocenters. The molecule has 1 spiro atoms. The van der Waals surface area contributed by atoms with Gasteiger partial charge in [0.2, 0.25) is 0 Å². The van der Waals surface area contributed by atoms with Crippen LogP contribution in [-0.4, -0.2) is 23.0 Å². The highest BCUT2D eigenvalue weighted by molar-refractivity contribution is 6.09. The van der Waals surface area contributed by atoms with Crippen LogP contribution in [0.1, 0.15) is 42.4 Å². The van der Waals surface area contributed by atoms with Crippen molar-refractivity contribution in [3.05, 3.63) is 89.5 Å². The number of carbonyl (C=O) groups excluding carboxylic acids is 1. The molecule has 1 heterocycles. The van der Waals surface area contributed by atoms with Crippen molar-refractivity contribution in [2.45, 2.75) is 43.3 Å². The molecule has 5 rings (SSSR count). The van der Waals surface area contributed by atoms with E-state index in [1.165, 1.54) is 46.2 Å². The predicted molar refractivity (Wildman–Crippen MR) is 131 cm³/mol. The molecule has 7 nitrogen and oxygen atoms in total. The first-order chi connectivity index (χ1) is 18.1. The van der Waals surface area contributed by atoms with Crippen LogP contribution in [0.4, 0.5) is 29.3 Å². The fourth-order valence-electron chi connectivity index (χ4n) is 5.65. The van der Waals surface area contributed by atoms with Crippen LogP contribution < -0.4 is 14.5 Å². The molecule has 2 fully saturated rings. The van der Waals surface area contributed by atoms with E-state index >= 15 is 0 Å². The van der Waals surface area contributed by atoms with E-state index in [0.717, 1.165) is 12.1 Å². The van der Waals surface area contributed by atoms with Crippen LogP contribution in [0.15, 0.2) is 72.8 Å². The highest BCUT2D eigenvalue weighted by atomic mass is 19.4. The number of ether oxygens (including phenoxy) is 1. The maximum atomic E-state index is 14.2. The second-order valence-corrected chi connectivity index (χ2v) is 9.26. The van der Waals surface area contributed by atoms with Gasteiger partial charge in [-0.25, -0.2) is 4.79 Å². The lowest BCUT2D eigenvalue weighted by atomic mass is 9.79. The standard InChI is InChI=1S/C28H21F3N4O3/c29-28(30,31)38-24-5-3-4-21(16-24)27(37)26(14-1-2-15-26)34(22-10-6-19(17-32)7-11-22)25(36)35(27)23-12-8-20(18-33)9-13-23/h3-13,16,37H,1-2,14-15H2. The molecule has 1 N–H and O–H groups in total. The fourth-order valence-corrected chi connectivity index (χ4v) is 5.65. The lowest BCUT2D eigenvalue weighted by Gasteiger charge is -2.45. The molecule has 192 valence electrons. The second-order valence-electron chi connectivity index (χ2n) is 9.26. The Labute approximate surface area is 216 Å². The molecule has 1 saturated carbocycles. The number of nitrogens with zero attached hydrogens (tertiary/aromatic N) is 4. The molecular formula is C28H21F3N4O3. The van der Waals surface area contributed by atoms with Gasteiger partial charge < -0.3 is 9.84 Å². The van der Waals surface area contributed by atoms with Gasteiger partial charge in [-0.05, 0) is 73.5 Å². The van der Waals surface area contributed by atoms with Crippen LogP contribution in [0.5, 0.6) is 5.75 Å². The summed E-state index contributed by atoms with van der Waals surface area (Å²) in [6.07, 6.45) is -2.87. The van der Waals surface area contributed by atoms with Gasteiger partial charge >= 0.3 is 12.4 Å². The molecule has 3 aromatic rings. The first-order valence-electron chi connectivity index (χ1n) is 11.9. The van der Waals surface area contributed by atoms with Crippen LogP contribution in [0.3, 0.4) is 0 Å². The number of hydrogen-bond acceptors (Lipinski definition) is 5. The predicted octanol–water partition coefficient (Wildman–Crippen LogP) is 5.93. The van der Waals surface area contributed by atoms with Crippen molar-refractivity contribution in [2.24, 2.45) is 0 Å². The minimum atomic E-state index is -4.95. The van der Waals surface area contributed by atoms with Crippen LogP contribution in [-0.2, 0) is 5.72 Å². The fraction of sp³-hybridized carbons (Fsp3) is 0.250. The lowest BCUT2D eigenvalue weighted by Crippen LogP contribution is -2.58. The number of hydrogen-bond donors (Lipinski definition) is 1. The Morgan fingerprint density at radius 3 is 1.87 bits per heavy atom. The van der Waals surface area contributed by atoms with Gasteiger partial charge in [-0.2, -0.15) is 10.5 Å². The molecule has 2 aliphatic rings. The maximum absolute atomic E-state index is 14.2. The normalized spacial score (nSPS) is 20.4. The zero-order valence-electron chi connectivity index (χ0n) is 19.9. The van der Waals surface area contributed by atoms with Crippen molar-refractivity contribution in [1.29, 1.82) is 10.5 Å². The summed E-state index contributed by atoms with van der Waals surface area (Å²) in [6, 6.07) is 20.9. The van der Waals surface area contributed by atoms with E-state index in [4.69, 9.17) is 0 Å². The van der Waals surface area contributed by atoms with Crippen molar-refractivity contribution in [2.75, 3.05) is 9.80 Å². The summed E-state index contributed by atoms with van der Waals surface area (Å²) in [7, 11) is 0.